The van der Waals surface area contributed by atoms with Gasteiger partial charge in [0, 0.05) is 12.6 Å². The van der Waals surface area contributed by atoms with Gasteiger partial charge in [0.2, 0.25) is 0 Å². The Bertz CT molecular complexity index is 793. The number of rotatable bonds is 3. The van der Waals surface area contributed by atoms with Crippen LogP contribution in [0.1, 0.15) is 36.8 Å². The second kappa shape index (κ2) is 6.13. The molecule has 1 saturated heterocycles. The first kappa shape index (κ1) is 14.4. The summed E-state index contributed by atoms with van der Waals surface area (Å²) in [6.45, 7) is 1.14. The number of imidazole rings is 1. The van der Waals surface area contributed by atoms with Crippen molar-refractivity contribution in [3.05, 3.63) is 60.0 Å². The van der Waals surface area contributed by atoms with Gasteiger partial charge in [-0.2, -0.15) is 0 Å². The second-order valence-corrected chi connectivity index (χ2v) is 6.36. The Balaban J connectivity index is 1.81. The lowest BCUT2D eigenvalue weighted by atomic mass is 10.1. The zero-order valence-electron chi connectivity index (χ0n) is 13.5. The summed E-state index contributed by atoms with van der Waals surface area (Å²) in [5.74, 6) is 1.11. The van der Waals surface area contributed by atoms with Crippen molar-refractivity contribution in [2.45, 2.75) is 31.8 Å². The average Bonchev–Trinajstić information content (AvgIpc) is 2.94. The molecule has 1 aromatic carbocycles. The molecule has 2 aromatic heterocycles. The second-order valence-electron chi connectivity index (χ2n) is 6.36. The summed E-state index contributed by atoms with van der Waals surface area (Å²) in [6.07, 6.45) is 6.80. The molecule has 3 aromatic rings. The van der Waals surface area contributed by atoms with Crippen LogP contribution in [0.15, 0.2) is 48.7 Å². The molecule has 1 aliphatic rings. The standard InChI is InChI=1S/C19H22N4/c1-22-13-6-5-11-18(22)23-17(14-15-8-3-2-4-9-15)21-16-10-7-12-20-19(16)23/h2-4,7-10,12,18H,5-6,11,13-14H2,1H3. The van der Waals surface area contributed by atoms with E-state index in [-0.39, 0.29) is 0 Å². The number of nitrogens with zero attached hydrogens (tertiary/aromatic N) is 4. The van der Waals surface area contributed by atoms with Crippen molar-refractivity contribution in [3.8, 4) is 0 Å². The highest BCUT2D eigenvalue weighted by Gasteiger charge is 2.25. The number of likely N-dealkylation sites (tertiary alicyclic amines) is 1. The predicted octanol–water partition coefficient (Wildman–Crippen LogP) is 3.64. The Kier molecular flexibility index (Phi) is 3.83. The topological polar surface area (TPSA) is 34.0 Å². The van der Waals surface area contributed by atoms with Gasteiger partial charge in [0.15, 0.2) is 5.65 Å². The van der Waals surface area contributed by atoms with Crippen molar-refractivity contribution >= 4 is 11.2 Å². The van der Waals surface area contributed by atoms with Crippen molar-refractivity contribution in [2.75, 3.05) is 13.6 Å². The molecule has 0 amide bonds. The van der Waals surface area contributed by atoms with Crippen LogP contribution in [0.2, 0.25) is 0 Å². The number of pyridine rings is 1. The number of piperidine rings is 1. The van der Waals surface area contributed by atoms with Crippen LogP contribution >= 0.6 is 0 Å². The van der Waals surface area contributed by atoms with Gasteiger partial charge in [-0.3, -0.25) is 9.47 Å². The molecule has 1 aliphatic heterocycles. The first-order valence-corrected chi connectivity index (χ1v) is 8.39. The summed E-state index contributed by atoms with van der Waals surface area (Å²) in [5.41, 5.74) is 3.30. The van der Waals surface area contributed by atoms with Gasteiger partial charge in [-0.25, -0.2) is 9.97 Å². The van der Waals surface area contributed by atoms with Gasteiger partial charge in [0.1, 0.15) is 11.3 Å². The smallest absolute Gasteiger partial charge is 0.161 e. The lowest BCUT2D eigenvalue weighted by Gasteiger charge is -2.34. The highest BCUT2D eigenvalue weighted by atomic mass is 15.3. The van der Waals surface area contributed by atoms with Crippen LogP contribution in [-0.4, -0.2) is 33.0 Å². The Morgan fingerprint density at radius 3 is 2.78 bits per heavy atom. The molecule has 118 valence electrons. The number of hydrogen-bond donors (Lipinski definition) is 0. The van der Waals surface area contributed by atoms with Crippen LogP contribution in [0.4, 0.5) is 0 Å². The van der Waals surface area contributed by atoms with E-state index in [4.69, 9.17) is 4.98 Å². The van der Waals surface area contributed by atoms with Crippen molar-refractivity contribution in [1.29, 1.82) is 0 Å². The maximum Gasteiger partial charge on any atom is 0.161 e. The maximum absolute atomic E-state index is 4.89. The van der Waals surface area contributed by atoms with Gasteiger partial charge < -0.3 is 0 Å². The van der Waals surface area contributed by atoms with Crippen molar-refractivity contribution in [1.82, 2.24) is 19.4 Å². The van der Waals surface area contributed by atoms with E-state index in [2.05, 4.69) is 57.9 Å². The van der Waals surface area contributed by atoms with E-state index >= 15 is 0 Å². The van der Waals surface area contributed by atoms with Gasteiger partial charge in [-0.15, -0.1) is 0 Å². The van der Waals surface area contributed by atoms with Crippen molar-refractivity contribution in [3.63, 3.8) is 0 Å². The lowest BCUT2D eigenvalue weighted by molar-refractivity contribution is 0.128. The fourth-order valence-electron chi connectivity index (χ4n) is 3.58. The molecule has 0 radical (unpaired) electrons. The molecule has 4 rings (SSSR count). The van der Waals surface area contributed by atoms with E-state index in [1.165, 1.54) is 24.8 Å². The van der Waals surface area contributed by atoms with Crippen molar-refractivity contribution < 1.29 is 0 Å². The molecular formula is C19H22N4. The molecule has 3 heterocycles. The Morgan fingerprint density at radius 2 is 1.96 bits per heavy atom. The van der Waals surface area contributed by atoms with E-state index in [0.717, 1.165) is 30.0 Å². The fourth-order valence-corrected chi connectivity index (χ4v) is 3.58. The van der Waals surface area contributed by atoms with Crippen LogP contribution in [0.3, 0.4) is 0 Å². The zero-order chi connectivity index (χ0) is 15.6. The highest BCUT2D eigenvalue weighted by Crippen LogP contribution is 2.29. The van der Waals surface area contributed by atoms with Gasteiger partial charge in [0.25, 0.3) is 0 Å². The first-order chi connectivity index (χ1) is 11.3. The Labute approximate surface area is 136 Å². The van der Waals surface area contributed by atoms with E-state index < -0.39 is 0 Å². The monoisotopic (exact) mass is 306 g/mol. The summed E-state index contributed by atoms with van der Waals surface area (Å²) in [6, 6.07) is 14.6. The fraction of sp³-hybridized carbons (Fsp3) is 0.368. The summed E-state index contributed by atoms with van der Waals surface area (Å²) >= 11 is 0. The molecule has 4 heteroatoms. The first-order valence-electron chi connectivity index (χ1n) is 8.39. The van der Waals surface area contributed by atoms with Crippen LogP contribution in [-0.2, 0) is 6.42 Å². The molecule has 0 bridgehead atoms. The average molecular weight is 306 g/mol. The van der Waals surface area contributed by atoms with Gasteiger partial charge in [-0.1, -0.05) is 30.3 Å². The minimum atomic E-state index is 0.363. The maximum atomic E-state index is 4.89. The Hall–Kier alpha value is -2.20. The molecule has 0 spiro atoms. The molecule has 0 saturated carbocycles. The largest absolute Gasteiger partial charge is 0.296 e. The van der Waals surface area contributed by atoms with Gasteiger partial charge in [0.05, 0.1) is 6.17 Å². The summed E-state index contributed by atoms with van der Waals surface area (Å²) in [7, 11) is 2.21. The molecule has 0 aliphatic carbocycles. The normalized spacial score (nSPS) is 19.3. The molecule has 1 atom stereocenters. The van der Waals surface area contributed by atoms with Crippen LogP contribution in [0, 0.1) is 0 Å². The molecule has 1 unspecified atom stereocenters. The van der Waals surface area contributed by atoms with E-state index in [0.29, 0.717) is 6.17 Å². The molecule has 23 heavy (non-hydrogen) atoms. The summed E-state index contributed by atoms with van der Waals surface area (Å²) < 4.78 is 2.36. The third-order valence-corrected chi connectivity index (χ3v) is 4.76. The van der Waals surface area contributed by atoms with Gasteiger partial charge >= 0.3 is 0 Å². The van der Waals surface area contributed by atoms with Crippen molar-refractivity contribution in [2.24, 2.45) is 0 Å². The quantitative estimate of drug-likeness (QED) is 0.741. The van der Waals surface area contributed by atoms with Crippen LogP contribution in [0.25, 0.3) is 11.2 Å². The molecule has 0 N–H and O–H groups in total. The molecule has 4 nitrogen and oxygen atoms in total. The van der Waals surface area contributed by atoms with Crippen LogP contribution < -0.4 is 0 Å². The third-order valence-electron chi connectivity index (χ3n) is 4.76. The van der Waals surface area contributed by atoms with Crippen LogP contribution in [0.5, 0.6) is 0 Å². The van der Waals surface area contributed by atoms with E-state index in [9.17, 15) is 0 Å². The predicted molar refractivity (Wildman–Crippen MR) is 92.3 cm³/mol. The summed E-state index contributed by atoms with van der Waals surface area (Å²) in [5, 5.41) is 0. The molecular weight excluding hydrogens is 284 g/mol. The van der Waals surface area contributed by atoms with Gasteiger partial charge in [-0.05, 0) is 50.6 Å². The lowest BCUT2D eigenvalue weighted by Crippen LogP contribution is -2.34. The highest BCUT2D eigenvalue weighted by molar-refractivity contribution is 5.71. The van der Waals surface area contributed by atoms with E-state index in [1.807, 2.05) is 12.3 Å². The number of benzene rings is 1. The minimum Gasteiger partial charge on any atom is -0.296 e. The minimum absolute atomic E-state index is 0.363. The molecule has 1 fully saturated rings. The Morgan fingerprint density at radius 1 is 1.09 bits per heavy atom. The third kappa shape index (κ3) is 2.75. The zero-order valence-corrected chi connectivity index (χ0v) is 13.5. The summed E-state index contributed by atoms with van der Waals surface area (Å²) in [4.78, 5) is 12.0. The van der Waals surface area contributed by atoms with E-state index in [1.54, 1.807) is 0 Å². The number of aromatic nitrogens is 3. The SMILES string of the molecule is CN1CCCCC1n1c(Cc2ccccc2)nc2cccnc21. The number of fused-ring (bicyclic) bond motifs is 1. The number of hydrogen-bond acceptors (Lipinski definition) is 3.